The second kappa shape index (κ2) is 7.07. The van der Waals surface area contributed by atoms with E-state index in [0.717, 1.165) is 24.9 Å². The van der Waals surface area contributed by atoms with Gasteiger partial charge in [0.1, 0.15) is 0 Å². The topological polar surface area (TPSA) is 50.1 Å². The van der Waals surface area contributed by atoms with Gasteiger partial charge in [-0.2, -0.15) is 5.10 Å². The minimum absolute atomic E-state index is 0.0232. The summed E-state index contributed by atoms with van der Waals surface area (Å²) in [6.45, 7) is 1.01. The Morgan fingerprint density at radius 2 is 2.11 bits per heavy atom. The highest BCUT2D eigenvalue weighted by Crippen LogP contribution is 2.11. The highest BCUT2D eigenvalue weighted by Gasteiger charge is 2.08. The van der Waals surface area contributed by atoms with E-state index in [1.807, 2.05) is 54.5 Å². The Balaban J connectivity index is 1.75. The van der Waals surface area contributed by atoms with Crippen molar-refractivity contribution < 1.29 is 5.11 Å². The fourth-order valence-electron chi connectivity index (χ4n) is 2.14. The van der Waals surface area contributed by atoms with Crippen molar-refractivity contribution in [2.45, 2.75) is 18.9 Å². The van der Waals surface area contributed by atoms with Crippen molar-refractivity contribution in [1.82, 2.24) is 15.1 Å². The molecule has 0 radical (unpaired) electrons. The van der Waals surface area contributed by atoms with Crippen molar-refractivity contribution in [3.63, 3.8) is 0 Å². The molecule has 0 fully saturated rings. The molecule has 0 saturated carbocycles. The van der Waals surface area contributed by atoms with Crippen molar-refractivity contribution in [3.8, 4) is 0 Å². The molecule has 2 aromatic rings. The molecule has 1 aromatic heterocycles. The number of aliphatic hydroxyl groups is 1. The molecule has 0 bridgehead atoms. The average Bonchev–Trinajstić information content (AvgIpc) is 2.86. The smallest absolute Gasteiger partial charge is 0.0626 e. The van der Waals surface area contributed by atoms with Crippen molar-refractivity contribution in [2.75, 3.05) is 13.2 Å². The summed E-state index contributed by atoms with van der Waals surface area (Å²) < 4.78 is 1.82. The lowest BCUT2D eigenvalue weighted by atomic mass is 10.1. The van der Waals surface area contributed by atoms with Crippen LogP contribution >= 0.6 is 0 Å². The molecule has 1 unspecified atom stereocenters. The van der Waals surface area contributed by atoms with Gasteiger partial charge >= 0.3 is 0 Å². The normalized spacial score (nSPS) is 12.5. The summed E-state index contributed by atoms with van der Waals surface area (Å²) in [5, 5.41) is 17.0. The van der Waals surface area contributed by atoms with Crippen molar-refractivity contribution >= 4 is 0 Å². The van der Waals surface area contributed by atoms with E-state index in [2.05, 4.69) is 10.4 Å². The average molecular weight is 259 g/mol. The molecule has 102 valence electrons. The summed E-state index contributed by atoms with van der Waals surface area (Å²) in [6, 6.07) is 10.1. The summed E-state index contributed by atoms with van der Waals surface area (Å²) in [5.74, 6) is 0. The molecule has 2 N–H and O–H groups in total. The second-order valence-electron chi connectivity index (χ2n) is 4.73. The number of hydrogen-bond donors (Lipinski definition) is 2. The van der Waals surface area contributed by atoms with E-state index >= 15 is 0 Å². The van der Waals surface area contributed by atoms with Crippen LogP contribution < -0.4 is 5.32 Å². The Morgan fingerprint density at radius 3 is 2.74 bits per heavy atom. The van der Waals surface area contributed by atoms with Gasteiger partial charge in [0.2, 0.25) is 0 Å². The van der Waals surface area contributed by atoms with E-state index < -0.39 is 0 Å². The number of nitrogens with zero attached hydrogens (tertiary/aromatic N) is 2. The van der Waals surface area contributed by atoms with Gasteiger partial charge in [-0.25, -0.2) is 0 Å². The van der Waals surface area contributed by atoms with Gasteiger partial charge in [-0.05, 0) is 30.5 Å². The molecule has 0 spiro atoms. The molecule has 0 amide bonds. The fourth-order valence-corrected chi connectivity index (χ4v) is 2.14. The summed E-state index contributed by atoms with van der Waals surface area (Å²) in [4.78, 5) is 0. The highest BCUT2D eigenvalue weighted by molar-refractivity contribution is 5.18. The Morgan fingerprint density at radius 1 is 1.32 bits per heavy atom. The molecular weight excluding hydrogens is 238 g/mol. The van der Waals surface area contributed by atoms with Crippen LogP contribution in [0.5, 0.6) is 0 Å². The third-order valence-electron chi connectivity index (χ3n) is 3.18. The Labute approximate surface area is 114 Å². The number of nitrogens with one attached hydrogen (secondary N) is 1. The van der Waals surface area contributed by atoms with Crippen LogP contribution in [0.15, 0.2) is 42.7 Å². The third kappa shape index (κ3) is 4.19. The van der Waals surface area contributed by atoms with Crippen LogP contribution in [-0.2, 0) is 13.5 Å². The second-order valence-corrected chi connectivity index (χ2v) is 4.73. The molecular formula is C15H21N3O. The van der Waals surface area contributed by atoms with E-state index in [4.69, 9.17) is 0 Å². The largest absolute Gasteiger partial charge is 0.394 e. The molecule has 0 aliphatic rings. The van der Waals surface area contributed by atoms with Crippen LogP contribution in [0.2, 0.25) is 0 Å². The van der Waals surface area contributed by atoms with E-state index in [9.17, 15) is 5.11 Å². The maximum absolute atomic E-state index is 9.42. The van der Waals surface area contributed by atoms with Crippen molar-refractivity contribution in [2.24, 2.45) is 7.05 Å². The SMILES string of the molecule is Cn1cc(CCCNC(CO)c2ccccc2)cn1. The number of aryl methyl sites for hydroxylation is 2. The molecule has 0 saturated heterocycles. The molecule has 0 aliphatic carbocycles. The van der Waals surface area contributed by atoms with Crippen LogP contribution in [-0.4, -0.2) is 28.0 Å². The van der Waals surface area contributed by atoms with Gasteiger partial charge in [0, 0.05) is 13.2 Å². The van der Waals surface area contributed by atoms with E-state index in [1.165, 1.54) is 5.56 Å². The lowest BCUT2D eigenvalue weighted by Gasteiger charge is -2.16. The summed E-state index contributed by atoms with van der Waals surface area (Å²) in [7, 11) is 1.93. The van der Waals surface area contributed by atoms with Gasteiger partial charge in [0.25, 0.3) is 0 Å². The van der Waals surface area contributed by atoms with Crippen molar-refractivity contribution in [3.05, 3.63) is 53.9 Å². The van der Waals surface area contributed by atoms with Crippen LogP contribution in [0.25, 0.3) is 0 Å². The number of rotatable bonds is 7. The Kier molecular flexibility index (Phi) is 5.12. The quantitative estimate of drug-likeness (QED) is 0.744. The molecule has 2 rings (SSSR count). The standard InChI is InChI=1S/C15H21N3O/c1-18-11-13(10-17-18)6-5-9-16-15(12-19)14-7-3-2-4-8-14/h2-4,7-8,10-11,15-16,19H,5-6,9,12H2,1H3. The third-order valence-corrected chi connectivity index (χ3v) is 3.18. The van der Waals surface area contributed by atoms with Gasteiger partial charge < -0.3 is 10.4 Å². The van der Waals surface area contributed by atoms with Gasteiger partial charge in [-0.15, -0.1) is 0 Å². The van der Waals surface area contributed by atoms with Gasteiger partial charge in [-0.1, -0.05) is 30.3 Å². The number of benzene rings is 1. The Hall–Kier alpha value is -1.65. The van der Waals surface area contributed by atoms with Crippen LogP contribution in [0.1, 0.15) is 23.6 Å². The predicted molar refractivity (Wildman–Crippen MR) is 75.8 cm³/mol. The molecule has 0 aliphatic heterocycles. The van der Waals surface area contributed by atoms with Crippen LogP contribution in [0.4, 0.5) is 0 Å². The monoisotopic (exact) mass is 259 g/mol. The minimum Gasteiger partial charge on any atom is -0.394 e. The Bertz CT molecular complexity index is 481. The highest BCUT2D eigenvalue weighted by atomic mass is 16.3. The zero-order valence-electron chi connectivity index (χ0n) is 11.3. The van der Waals surface area contributed by atoms with Crippen molar-refractivity contribution in [1.29, 1.82) is 0 Å². The van der Waals surface area contributed by atoms with Crippen LogP contribution in [0.3, 0.4) is 0 Å². The maximum Gasteiger partial charge on any atom is 0.0626 e. The number of hydrogen-bond acceptors (Lipinski definition) is 3. The molecule has 1 heterocycles. The van der Waals surface area contributed by atoms with Crippen LogP contribution in [0, 0.1) is 0 Å². The first-order chi connectivity index (χ1) is 9.29. The lowest BCUT2D eigenvalue weighted by molar-refractivity contribution is 0.244. The molecule has 4 heteroatoms. The number of aliphatic hydroxyl groups excluding tert-OH is 1. The zero-order chi connectivity index (χ0) is 13.5. The summed E-state index contributed by atoms with van der Waals surface area (Å²) in [5.41, 5.74) is 2.39. The first-order valence-corrected chi connectivity index (χ1v) is 6.66. The zero-order valence-corrected chi connectivity index (χ0v) is 11.3. The van der Waals surface area contributed by atoms with Gasteiger partial charge in [-0.3, -0.25) is 4.68 Å². The van der Waals surface area contributed by atoms with Gasteiger partial charge in [0.05, 0.1) is 18.8 Å². The predicted octanol–water partition coefficient (Wildman–Crippen LogP) is 1.68. The first-order valence-electron chi connectivity index (χ1n) is 6.66. The summed E-state index contributed by atoms with van der Waals surface area (Å²) in [6.07, 6.45) is 5.99. The van der Waals surface area contributed by atoms with Gasteiger partial charge in [0.15, 0.2) is 0 Å². The maximum atomic E-state index is 9.42. The number of aromatic nitrogens is 2. The van der Waals surface area contributed by atoms with E-state index in [-0.39, 0.29) is 12.6 Å². The van der Waals surface area contributed by atoms with E-state index in [0.29, 0.717) is 0 Å². The molecule has 1 atom stereocenters. The molecule has 19 heavy (non-hydrogen) atoms. The summed E-state index contributed by atoms with van der Waals surface area (Å²) >= 11 is 0. The van der Waals surface area contributed by atoms with E-state index in [1.54, 1.807) is 0 Å². The first kappa shape index (κ1) is 13.8. The molecule has 4 nitrogen and oxygen atoms in total. The fraction of sp³-hybridized carbons (Fsp3) is 0.400. The lowest BCUT2D eigenvalue weighted by Crippen LogP contribution is -2.25. The minimum atomic E-state index is 0.0232. The molecule has 1 aromatic carbocycles.